The minimum Gasteiger partial charge on any atom is -0.459 e. The zero-order valence-electron chi connectivity index (χ0n) is 11.8. The first-order valence-corrected chi connectivity index (χ1v) is 7.14. The predicted molar refractivity (Wildman–Crippen MR) is 78.4 cm³/mol. The summed E-state index contributed by atoms with van der Waals surface area (Å²) in [5.41, 5.74) is 0.956. The Balaban J connectivity index is 2.10. The SMILES string of the molecule is CCCNC(CCOCC)c1cc2ccccc2o1. The highest BCUT2D eigenvalue weighted by molar-refractivity contribution is 5.77. The summed E-state index contributed by atoms with van der Waals surface area (Å²) in [4.78, 5) is 0. The Bertz CT molecular complexity index is 459. The first-order chi connectivity index (χ1) is 9.35. The van der Waals surface area contributed by atoms with Crippen molar-refractivity contribution in [3.63, 3.8) is 0 Å². The van der Waals surface area contributed by atoms with Crippen molar-refractivity contribution in [3.05, 3.63) is 36.1 Å². The molecule has 0 aliphatic heterocycles. The van der Waals surface area contributed by atoms with Crippen LogP contribution in [0.2, 0.25) is 0 Å². The van der Waals surface area contributed by atoms with Gasteiger partial charge in [0.15, 0.2) is 0 Å². The van der Waals surface area contributed by atoms with E-state index in [0.717, 1.165) is 49.3 Å². The molecule has 0 aliphatic rings. The fraction of sp³-hybridized carbons (Fsp3) is 0.500. The number of fused-ring (bicyclic) bond motifs is 1. The van der Waals surface area contributed by atoms with Gasteiger partial charge in [0.1, 0.15) is 11.3 Å². The number of rotatable bonds is 8. The second-order valence-corrected chi connectivity index (χ2v) is 4.68. The van der Waals surface area contributed by atoms with Gasteiger partial charge in [0.25, 0.3) is 0 Å². The molecule has 0 fully saturated rings. The van der Waals surface area contributed by atoms with Crippen LogP contribution in [0.4, 0.5) is 0 Å². The molecule has 3 heteroatoms. The van der Waals surface area contributed by atoms with Crippen LogP contribution < -0.4 is 5.32 Å². The van der Waals surface area contributed by atoms with Crippen molar-refractivity contribution in [3.8, 4) is 0 Å². The van der Waals surface area contributed by atoms with Crippen molar-refractivity contribution in [2.24, 2.45) is 0 Å². The van der Waals surface area contributed by atoms with E-state index in [0.29, 0.717) is 0 Å². The molecular formula is C16H23NO2. The van der Waals surface area contributed by atoms with E-state index in [2.05, 4.69) is 24.4 Å². The first kappa shape index (κ1) is 14.1. The Labute approximate surface area is 114 Å². The zero-order chi connectivity index (χ0) is 13.5. The van der Waals surface area contributed by atoms with Crippen LogP contribution in [-0.2, 0) is 4.74 Å². The van der Waals surface area contributed by atoms with Gasteiger partial charge < -0.3 is 14.5 Å². The van der Waals surface area contributed by atoms with Gasteiger partial charge in [-0.05, 0) is 38.4 Å². The molecule has 0 bridgehead atoms. The molecule has 1 unspecified atom stereocenters. The van der Waals surface area contributed by atoms with E-state index in [9.17, 15) is 0 Å². The van der Waals surface area contributed by atoms with Crippen molar-refractivity contribution >= 4 is 11.0 Å². The average molecular weight is 261 g/mol. The van der Waals surface area contributed by atoms with Crippen LogP contribution in [0.3, 0.4) is 0 Å². The largest absolute Gasteiger partial charge is 0.459 e. The molecule has 0 amide bonds. The van der Waals surface area contributed by atoms with Crippen LogP contribution in [0.25, 0.3) is 11.0 Å². The third-order valence-electron chi connectivity index (χ3n) is 3.18. The Hall–Kier alpha value is -1.32. The summed E-state index contributed by atoms with van der Waals surface area (Å²) < 4.78 is 11.4. The van der Waals surface area contributed by atoms with E-state index in [-0.39, 0.29) is 6.04 Å². The number of hydrogen-bond acceptors (Lipinski definition) is 3. The van der Waals surface area contributed by atoms with Gasteiger partial charge in [-0.1, -0.05) is 25.1 Å². The summed E-state index contributed by atoms with van der Waals surface area (Å²) in [6, 6.07) is 10.5. The van der Waals surface area contributed by atoms with Gasteiger partial charge in [-0.15, -0.1) is 0 Å². The molecule has 1 N–H and O–H groups in total. The third-order valence-corrected chi connectivity index (χ3v) is 3.18. The van der Waals surface area contributed by atoms with Gasteiger partial charge >= 0.3 is 0 Å². The summed E-state index contributed by atoms with van der Waals surface area (Å²) >= 11 is 0. The van der Waals surface area contributed by atoms with Gasteiger partial charge in [-0.25, -0.2) is 0 Å². The molecule has 0 saturated heterocycles. The summed E-state index contributed by atoms with van der Waals surface area (Å²) in [6.07, 6.45) is 2.05. The molecule has 0 saturated carbocycles. The van der Waals surface area contributed by atoms with Crippen LogP contribution in [-0.4, -0.2) is 19.8 Å². The monoisotopic (exact) mass is 261 g/mol. The second-order valence-electron chi connectivity index (χ2n) is 4.68. The molecule has 1 heterocycles. The van der Waals surface area contributed by atoms with Crippen LogP contribution in [0.15, 0.2) is 34.7 Å². The summed E-state index contributed by atoms with van der Waals surface area (Å²) in [5, 5.41) is 4.70. The molecule has 0 aliphatic carbocycles. The highest BCUT2D eigenvalue weighted by atomic mass is 16.5. The topological polar surface area (TPSA) is 34.4 Å². The molecule has 2 aromatic rings. The maximum Gasteiger partial charge on any atom is 0.134 e. The number of hydrogen-bond donors (Lipinski definition) is 1. The van der Waals surface area contributed by atoms with Crippen LogP contribution >= 0.6 is 0 Å². The van der Waals surface area contributed by atoms with Gasteiger partial charge in [-0.2, -0.15) is 0 Å². The van der Waals surface area contributed by atoms with E-state index in [1.54, 1.807) is 0 Å². The molecule has 1 aromatic heterocycles. The predicted octanol–water partition coefficient (Wildman–Crippen LogP) is 3.90. The molecule has 19 heavy (non-hydrogen) atoms. The number of para-hydroxylation sites is 1. The Kier molecular flexibility index (Phi) is 5.43. The second kappa shape index (κ2) is 7.31. The lowest BCUT2D eigenvalue weighted by Gasteiger charge is -2.15. The lowest BCUT2D eigenvalue weighted by molar-refractivity contribution is 0.134. The van der Waals surface area contributed by atoms with Gasteiger partial charge in [0.2, 0.25) is 0 Å². The molecule has 2 rings (SSSR count). The molecular weight excluding hydrogens is 238 g/mol. The number of furan rings is 1. The van der Waals surface area contributed by atoms with Gasteiger partial charge in [-0.3, -0.25) is 0 Å². The van der Waals surface area contributed by atoms with E-state index in [1.807, 2.05) is 25.1 Å². The average Bonchev–Trinajstić information content (AvgIpc) is 2.86. The highest BCUT2D eigenvalue weighted by Crippen LogP contribution is 2.25. The van der Waals surface area contributed by atoms with Crippen molar-refractivity contribution in [2.75, 3.05) is 19.8 Å². The lowest BCUT2D eigenvalue weighted by Crippen LogP contribution is -2.23. The first-order valence-electron chi connectivity index (χ1n) is 7.14. The van der Waals surface area contributed by atoms with E-state index < -0.39 is 0 Å². The molecule has 0 spiro atoms. The van der Waals surface area contributed by atoms with Crippen LogP contribution in [0.5, 0.6) is 0 Å². The van der Waals surface area contributed by atoms with Crippen molar-refractivity contribution in [1.29, 1.82) is 0 Å². The van der Waals surface area contributed by atoms with Crippen molar-refractivity contribution in [1.82, 2.24) is 5.32 Å². The maximum absolute atomic E-state index is 5.94. The van der Waals surface area contributed by atoms with Crippen LogP contribution in [0, 0.1) is 0 Å². The Morgan fingerprint density at radius 1 is 1.26 bits per heavy atom. The maximum atomic E-state index is 5.94. The quantitative estimate of drug-likeness (QED) is 0.732. The lowest BCUT2D eigenvalue weighted by atomic mass is 10.1. The molecule has 104 valence electrons. The highest BCUT2D eigenvalue weighted by Gasteiger charge is 2.15. The van der Waals surface area contributed by atoms with Crippen molar-refractivity contribution < 1.29 is 9.15 Å². The number of nitrogens with one attached hydrogen (secondary N) is 1. The Morgan fingerprint density at radius 3 is 2.84 bits per heavy atom. The summed E-state index contributed by atoms with van der Waals surface area (Å²) in [5.74, 6) is 1.01. The molecule has 3 nitrogen and oxygen atoms in total. The molecule has 1 aromatic carbocycles. The Morgan fingerprint density at radius 2 is 2.11 bits per heavy atom. The zero-order valence-corrected chi connectivity index (χ0v) is 11.8. The van der Waals surface area contributed by atoms with E-state index in [1.165, 1.54) is 0 Å². The normalized spacial score (nSPS) is 12.9. The fourth-order valence-corrected chi connectivity index (χ4v) is 2.18. The molecule has 1 atom stereocenters. The van der Waals surface area contributed by atoms with Crippen molar-refractivity contribution in [2.45, 2.75) is 32.7 Å². The van der Waals surface area contributed by atoms with E-state index >= 15 is 0 Å². The smallest absolute Gasteiger partial charge is 0.134 e. The third kappa shape index (κ3) is 3.82. The number of benzene rings is 1. The van der Waals surface area contributed by atoms with E-state index in [4.69, 9.17) is 9.15 Å². The fourth-order valence-electron chi connectivity index (χ4n) is 2.18. The van der Waals surface area contributed by atoms with Crippen LogP contribution in [0.1, 0.15) is 38.5 Å². The van der Waals surface area contributed by atoms with Gasteiger partial charge in [0, 0.05) is 18.6 Å². The van der Waals surface area contributed by atoms with Gasteiger partial charge in [0.05, 0.1) is 6.04 Å². The molecule has 0 radical (unpaired) electrons. The minimum absolute atomic E-state index is 0.235. The summed E-state index contributed by atoms with van der Waals surface area (Å²) in [6.45, 7) is 6.71. The minimum atomic E-state index is 0.235. The standard InChI is InChI=1S/C16H23NO2/c1-3-10-17-14(9-11-18-4-2)16-12-13-7-5-6-8-15(13)19-16/h5-8,12,14,17H,3-4,9-11H2,1-2H3. The number of ether oxygens (including phenoxy) is 1. The summed E-state index contributed by atoms with van der Waals surface area (Å²) in [7, 11) is 0.